The van der Waals surface area contributed by atoms with Gasteiger partial charge in [0.15, 0.2) is 0 Å². The SMILES string of the molecule is [Ir][c]1ccccc1-c1nccc2sccc12. The van der Waals surface area contributed by atoms with Gasteiger partial charge in [-0.15, -0.1) is 0 Å². The van der Waals surface area contributed by atoms with Gasteiger partial charge in [-0.1, -0.05) is 0 Å². The van der Waals surface area contributed by atoms with Crippen molar-refractivity contribution in [2.45, 2.75) is 0 Å². The van der Waals surface area contributed by atoms with Crippen LogP contribution in [0.15, 0.2) is 48.0 Å². The number of hydrogen-bond donors (Lipinski definition) is 0. The van der Waals surface area contributed by atoms with Crippen LogP contribution in [0.25, 0.3) is 21.3 Å². The first-order valence-electron chi connectivity index (χ1n) is 4.91. The van der Waals surface area contributed by atoms with Gasteiger partial charge >= 0.3 is 109 Å². The van der Waals surface area contributed by atoms with Crippen molar-refractivity contribution in [1.82, 2.24) is 4.98 Å². The molecule has 0 aliphatic heterocycles. The first-order valence-corrected chi connectivity index (χ1v) is 6.99. The van der Waals surface area contributed by atoms with E-state index in [1.165, 1.54) is 19.7 Å². The van der Waals surface area contributed by atoms with Crippen LogP contribution in [0.5, 0.6) is 0 Å². The van der Waals surface area contributed by atoms with Gasteiger partial charge in [-0.2, -0.15) is 0 Å². The predicted octanol–water partition coefficient (Wildman–Crippen LogP) is 3.14. The van der Waals surface area contributed by atoms with Crippen molar-refractivity contribution in [3.05, 3.63) is 48.0 Å². The zero-order valence-electron chi connectivity index (χ0n) is 8.31. The Hall–Kier alpha value is -1.02. The zero-order chi connectivity index (χ0) is 11.0. The first-order chi connectivity index (χ1) is 7.86. The summed E-state index contributed by atoms with van der Waals surface area (Å²) in [5, 5.41) is 3.37. The van der Waals surface area contributed by atoms with Crippen LogP contribution in [-0.4, -0.2) is 4.98 Å². The van der Waals surface area contributed by atoms with E-state index in [1.807, 2.05) is 6.20 Å². The van der Waals surface area contributed by atoms with Crippen molar-refractivity contribution in [3.63, 3.8) is 0 Å². The molecule has 0 amide bonds. The Balaban J connectivity index is 2.34. The van der Waals surface area contributed by atoms with E-state index < -0.39 is 0 Å². The fraction of sp³-hybridized carbons (Fsp3) is 0. The molecule has 0 spiro atoms. The molecule has 0 aliphatic carbocycles. The molecular weight excluding hydrogens is 394 g/mol. The van der Waals surface area contributed by atoms with Gasteiger partial charge in [0.2, 0.25) is 0 Å². The van der Waals surface area contributed by atoms with Gasteiger partial charge in [0.05, 0.1) is 0 Å². The molecule has 0 N–H and O–H groups in total. The topological polar surface area (TPSA) is 12.9 Å². The Morgan fingerprint density at radius 2 is 1.94 bits per heavy atom. The van der Waals surface area contributed by atoms with Crippen molar-refractivity contribution >= 4 is 25.5 Å². The van der Waals surface area contributed by atoms with E-state index in [2.05, 4.69) is 65.7 Å². The molecule has 0 atom stereocenters. The molecule has 0 radical (unpaired) electrons. The molecule has 1 nitrogen and oxygen atoms in total. The van der Waals surface area contributed by atoms with E-state index in [4.69, 9.17) is 0 Å². The van der Waals surface area contributed by atoms with Crippen LogP contribution >= 0.6 is 11.3 Å². The average Bonchev–Trinajstić information content (AvgIpc) is 2.77. The zero-order valence-corrected chi connectivity index (χ0v) is 11.5. The number of benzene rings is 1. The van der Waals surface area contributed by atoms with Gasteiger partial charge in [0.1, 0.15) is 0 Å². The summed E-state index contributed by atoms with van der Waals surface area (Å²) in [6.45, 7) is 0. The second-order valence-electron chi connectivity index (χ2n) is 3.45. The molecule has 2 heterocycles. The Morgan fingerprint density at radius 1 is 1.06 bits per heavy atom. The summed E-state index contributed by atoms with van der Waals surface area (Å²) in [5.74, 6) is 0. The first kappa shape index (κ1) is 10.2. The second kappa shape index (κ2) is 4.10. The molecule has 16 heavy (non-hydrogen) atoms. The van der Waals surface area contributed by atoms with E-state index in [1.54, 1.807) is 11.3 Å². The van der Waals surface area contributed by atoms with Crippen LogP contribution in [0, 0.1) is 0 Å². The standard InChI is InChI=1S/C13H8NS.Ir/c1-2-4-10(5-3-1)13-11-7-9-15-12(11)6-8-14-13;/h1-4,6-9H;. The minimum absolute atomic E-state index is 1.09. The number of rotatable bonds is 1. The number of nitrogens with zero attached hydrogens (tertiary/aromatic N) is 1. The molecule has 80 valence electrons. The number of thiophene rings is 1. The summed E-state index contributed by atoms with van der Waals surface area (Å²) in [4.78, 5) is 4.52. The van der Waals surface area contributed by atoms with Crippen LogP contribution < -0.4 is 4.08 Å². The summed E-state index contributed by atoms with van der Waals surface area (Å²) in [7, 11) is 0. The molecule has 0 saturated carbocycles. The Kier molecular flexibility index (Phi) is 2.60. The van der Waals surface area contributed by atoms with Gasteiger partial charge in [-0.05, 0) is 0 Å². The molecule has 0 saturated heterocycles. The maximum absolute atomic E-state index is 4.52. The summed E-state index contributed by atoms with van der Waals surface area (Å²) in [6, 6.07) is 12.6. The van der Waals surface area contributed by atoms with E-state index in [0.717, 1.165) is 5.69 Å². The molecule has 0 bridgehead atoms. The Morgan fingerprint density at radius 3 is 2.81 bits per heavy atom. The van der Waals surface area contributed by atoms with Gasteiger partial charge in [0, 0.05) is 0 Å². The second-order valence-corrected chi connectivity index (χ2v) is 5.69. The summed E-state index contributed by atoms with van der Waals surface area (Å²) in [5.41, 5.74) is 2.32. The van der Waals surface area contributed by atoms with Crippen LogP contribution in [0.4, 0.5) is 0 Å². The van der Waals surface area contributed by atoms with Crippen LogP contribution in [0.1, 0.15) is 0 Å². The predicted molar refractivity (Wildman–Crippen MR) is 64.7 cm³/mol. The van der Waals surface area contributed by atoms with Crippen molar-refractivity contribution in [3.8, 4) is 11.3 Å². The molecule has 0 aliphatic rings. The van der Waals surface area contributed by atoms with Crippen LogP contribution in [0.2, 0.25) is 0 Å². The van der Waals surface area contributed by atoms with Crippen molar-refractivity contribution in [2.75, 3.05) is 0 Å². The van der Waals surface area contributed by atoms with Crippen LogP contribution in [-0.2, 0) is 18.9 Å². The van der Waals surface area contributed by atoms with Gasteiger partial charge in [-0.3, -0.25) is 0 Å². The molecule has 0 fully saturated rings. The van der Waals surface area contributed by atoms with Crippen molar-refractivity contribution in [2.24, 2.45) is 0 Å². The molecular formula is C13H8IrNS. The van der Waals surface area contributed by atoms with Crippen LogP contribution in [0.3, 0.4) is 0 Å². The molecule has 0 unspecified atom stereocenters. The quantitative estimate of drug-likeness (QED) is 0.610. The van der Waals surface area contributed by atoms with Crippen molar-refractivity contribution < 1.29 is 18.9 Å². The average molecular weight is 402 g/mol. The Bertz CT molecular complexity index is 645. The Labute approximate surface area is 108 Å². The molecule has 3 heteroatoms. The molecule has 3 rings (SSSR count). The van der Waals surface area contributed by atoms with E-state index in [0.29, 0.717) is 0 Å². The van der Waals surface area contributed by atoms with Gasteiger partial charge < -0.3 is 0 Å². The molecule has 2 aromatic heterocycles. The van der Waals surface area contributed by atoms with E-state index in [9.17, 15) is 0 Å². The molecule has 1 aromatic carbocycles. The summed E-state index contributed by atoms with van der Waals surface area (Å²) in [6.07, 6.45) is 1.89. The third-order valence-electron chi connectivity index (χ3n) is 2.49. The number of pyridine rings is 1. The number of hydrogen-bond acceptors (Lipinski definition) is 2. The van der Waals surface area contributed by atoms with Gasteiger partial charge in [0.25, 0.3) is 0 Å². The normalized spacial score (nSPS) is 10.9. The van der Waals surface area contributed by atoms with Gasteiger partial charge in [-0.25, -0.2) is 0 Å². The monoisotopic (exact) mass is 403 g/mol. The third kappa shape index (κ3) is 1.61. The van der Waals surface area contributed by atoms with Crippen molar-refractivity contribution in [1.29, 1.82) is 0 Å². The maximum atomic E-state index is 4.52. The third-order valence-corrected chi connectivity index (χ3v) is 4.42. The minimum atomic E-state index is 1.09. The fourth-order valence-corrected chi connectivity index (χ4v) is 3.24. The summed E-state index contributed by atoms with van der Waals surface area (Å²) >= 11 is 3.89. The fourth-order valence-electron chi connectivity index (χ4n) is 1.75. The molecule has 3 aromatic rings. The number of aromatic nitrogens is 1. The number of fused-ring (bicyclic) bond motifs is 1. The van der Waals surface area contributed by atoms with E-state index in [-0.39, 0.29) is 0 Å². The van der Waals surface area contributed by atoms with E-state index >= 15 is 0 Å². The summed E-state index contributed by atoms with van der Waals surface area (Å²) < 4.78 is 2.57.